The molecule has 1 heterocycles. The van der Waals surface area contributed by atoms with E-state index in [-0.39, 0.29) is 12.3 Å². The van der Waals surface area contributed by atoms with Crippen molar-refractivity contribution in [2.24, 2.45) is 0 Å². The lowest BCUT2D eigenvalue weighted by Gasteiger charge is -2.27. The van der Waals surface area contributed by atoms with E-state index in [1.54, 1.807) is 12.1 Å². The van der Waals surface area contributed by atoms with E-state index in [9.17, 15) is 19.7 Å². The first-order chi connectivity index (χ1) is 9.43. The summed E-state index contributed by atoms with van der Waals surface area (Å²) in [5, 5.41) is 16.4. The van der Waals surface area contributed by atoms with Crippen molar-refractivity contribution >= 4 is 29.1 Å². The molecule has 8 heteroatoms. The number of rotatable bonds is 3. The molecule has 0 spiro atoms. The molecule has 20 heavy (non-hydrogen) atoms. The maximum absolute atomic E-state index is 11.9. The summed E-state index contributed by atoms with van der Waals surface area (Å²) in [7, 11) is 1.44. The Kier molecular flexibility index (Phi) is 3.89. The number of nitrogens with zero attached hydrogens (tertiary/aromatic N) is 1. The summed E-state index contributed by atoms with van der Waals surface area (Å²) in [6.45, 7) is 0. The molecule has 106 valence electrons. The number of carbonyl (C=O) groups is 2. The normalized spacial score (nSPS) is 20.8. The highest BCUT2D eigenvalue weighted by molar-refractivity contribution is 6.31. The van der Waals surface area contributed by atoms with E-state index in [4.69, 9.17) is 11.6 Å². The highest BCUT2D eigenvalue weighted by atomic mass is 35.5. The molecule has 1 aromatic rings. The number of benzene rings is 1. The molecule has 2 rings (SSSR count). The molecule has 1 aliphatic rings. The van der Waals surface area contributed by atoms with Crippen LogP contribution in [0.1, 0.15) is 17.9 Å². The van der Waals surface area contributed by atoms with Gasteiger partial charge in [-0.3, -0.25) is 19.7 Å². The summed E-state index contributed by atoms with van der Waals surface area (Å²) < 4.78 is 0. The van der Waals surface area contributed by atoms with Gasteiger partial charge in [0.15, 0.2) is 0 Å². The number of carbonyl (C=O) groups excluding carboxylic acids is 2. The Morgan fingerprint density at radius 1 is 1.55 bits per heavy atom. The van der Waals surface area contributed by atoms with Crippen LogP contribution in [0.2, 0.25) is 5.02 Å². The highest BCUT2D eigenvalue weighted by Gasteiger charge is 2.45. The predicted molar refractivity (Wildman–Crippen MR) is 72.3 cm³/mol. The minimum absolute atomic E-state index is 0.135. The zero-order chi connectivity index (χ0) is 14.9. The smallest absolute Gasteiger partial charge is 0.299 e. The summed E-state index contributed by atoms with van der Waals surface area (Å²) in [6, 6.07) is 3.20. The fourth-order valence-electron chi connectivity index (χ4n) is 2.29. The van der Waals surface area contributed by atoms with Gasteiger partial charge in [0.2, 0.25) is 5.91 Å². The van der Waals surface area contributed by atoms with E-state index in [1.807, 2.05) is 0 Å². The first-order valence-electron chi connectivity index (χ1n) is 5.88. The molecule has 2 amide bonds. The molecule has 0 bridgehead atoms. The van der Waals surface area contributed by atoms with Crippen LogP contribution in [0.25, 0.3) is 0 Å². The maximum Gasteiger partial charge on any atom is 0.299 e. The van der Waals surface area contributed by atoms with Crippen LogP contribution >= 0.6 is 11.6 Å². The molecule has 1 aromatic carbocycles. The number of nitrogens with one attached hydrogen (secondary N) is 2. The fraction of sp³-hybridized carbons (Fsp3) is 0.333. The third-order valence-electron chi connectivity index (χ3n) is 3.23. The zero-order valence-electron chi connectivity index (χ0n) is 10.6. The molecule has 1 aliphatic heterocycles. The topological polar surface area (TPSA) is 101 Å². The maximum atomic E-state index is 11.9. The van der Waals surface area contributed by atoms with Gasteiger partial charge in [-0.15, -0.1) is 0 Å². The predicted octanol–water partition coefficient (Wildman–Crippen LogP) is 1.16. The quantitative estimate of drug-likeness (QED) is 0.645. The van der Waals surface area contributed by atoms with Gasteiger partial charge in [-0.25, -0.2) is 0 Å². The average Bonchev–Trinajstić information content (AvgIpc) is 2.37. The summed E-state index contributed by atoms with van der Waals surface area (Å²) >= 11 is 5.84. The second-order valence-electron chi connectivity index (χ2n) is 4.43. The van der Waals surface area contributed by atoms with Crippen LogP contribution in [0.5, 0.6) is 0 Å². The molecular formula is C12H12ClN3O4. The van der Waals surface area contributed by atoms with Crippen LogP contribution in [0.4, 0.5) is 5.69 Å². The first kappa shape index (κ1) is 14.3. The van der Waals surface area contributed by atoms with Crippen LogP contribution in [0, 0.1) is 10.1 Å². The van der Waals surface area contributed by atoms with E-state index < -0.39 is 22.8 Å². The van der Waals surface area contributed by atoms with Gasteiger partial charge in [0.1, 0.15) is 0 Å². The number of nitro groups is 1. The first-order valence-corrected chi connectivity index (χ1v) is 6.26. The lowest BCUT2D eigenvalue weighted by Crippen LogP contribution is -2.44. The number of anilines is 1. The Bertz CT molecular complexity index is 590. The Morgan fingerprint density at radius 3 is 2.85 bits per heavy atom. The van der Waals surface area contributed by atoms with E-state index >= 15 is 0 Å². The van der Waals surface area contributed by atoms with Crippen LogP contribution in [0.15, 0.2) is 18.2 Å². The van der Waals surface area contributed by atoms with Crippen LogP contribution in [0.3, 0.4) is 0 Å². The van der Waals surface area contributed by atoms with Gasteiger partial charge in [-0.1, -0.05) is 17.7 Å². The van der Waals surface area contributed by atoms with Crippen LogP contribution in [-0.4, -0.2) is 29.8 Å². The molecule has 2 atom stereocenters. The van der Waals surface area contributed by atoms with Gasteiger partial charge in [-0.05, 0) is 17.7 Å². The molecule has 2 unspecified atom stereocenters. The third kappa shape index (κ3) is 2.57. The summed E-state index contributed by atoms with van der Waals surface area (Å²) in [5.41, 5.74) is 0.953. The largest absolute Gasteiger partial charge is 0.359 e. The third-order valence-corrected chi connectivity index (χ3v) is 3.47. The van der Waals surface area contributed by atoms with Crippen LogP contribution < -0.4 is 10.6 Å². The van der Waals surface area contributed by atoms with Crippen molar-refractivity contribution in [3.8, 4) is 0 Å². The standard InChI is InChI=1S/C12H12ClN3O4/c1-14-10(17)5-8-7-3-2-6(13)4-9(7)15-12(18)11(8)16(19)20/h2-4,8,11H,5H2,1H3,(H,14,17)(H,15,18). The summed E-state index contributed by atoms with van der Waals surface area (Å²) in [4.78, 5) is 33.8. The second kappa shape index (κ2) is 5.46. The molecule has 0 fully saturated rings. The van der Waals surface area contributed by atoms with Crippen LogP contribution in [-0.2, 0) is 9.59 Å². The lowest BCUT2D eigenvalue weighted by molar-refractivity contribution is -0.511. The van der Waals surface area contributed by atoms with Crippen molar-refractivity contribution in [1.82, 2.24) is 5.32 Å². The molecule has 7 nitrogen and oxygen atoms in total. The van der Waals surface area contributed by atoms with Gasteiger partial charge in [-0.2, -0.15) is 0 Å². The van der Waals surface area contributed by atoms with Gasteiger partial charge < -0.3 is 10.6 Å². The van der Waals surface area contributed by atoms with E-state index in [1.165, 1.54) is 13.1 Å². The second-order valence-corrected chi connectivity index (χ2v) is 4.87. The van der Waals surface area contributed by atoms with Gasteiger partial charge in [0.25, 0.3) is 11.9 Å². The molecule has 0 saturated heterocycles. The molecule has 0 aliphatic carbocycles. The average molecular weight is 298 g/mol. The Morgan fingerprint density at radius 2 is 2.25 bits per heavy atom. The SMILES string of the molecule is CNC(=O)CC1c2ccc(Cl)cc2NC(=O)C1[N+](=O)[O-]. The van der Waals surface area contributed by atoms with E-state index in [2.05, 4.69) is 10.6 Å². The Labute approximate surface area is 119 Å². The van der Waals surface area contributed by atoms with Crippen molar-refractivity contribution in [1.29, 1.82) is 0 Å². The number of hydrogen-bond acceptors (Lipinski definition) is 4. The van der Waals surface area contributed by atoms with Gasteiger partial charge in [0, 0.05) is 29.1 Å². The fourth-order valence-corrected chi connectivity index (χ4v) is 2.46. The molecule has 0 aromatic heterocycles. The Balaban J connectivity index is 2.48. The van der Waals surface area contributed by atoms with Crippen molar-refractivity contribution in [2.75, 3.05) is 12.4 Å². The van der Waals surface area contributed by atoms with Crippen molar-refractivity contribution in [3.05, 3.63) is 38.9 Å². The minimum atomic E-state index is -1.49. The monoisotopic (exact) mass is 297 g/mol. The minimum Gasteiger partial charge on any atom is -0.359 e. The summed E-state index contributed by atoms with van der Waals surface area (Å²) in [6.07, 6.45) is -0.135. The molecule has 0 saturated carbocycles. The van der Waals surface area contributed by atoms with E-state index in [0.717, 1.165) is 0 Å². The van der Waals surface area contributed by atoms with Crippen molar-refractivity contribution in [3.63, 3.8) is 0 Å². The molecular weight excluding hydrogens is 286 g/mol. The molecule has 2 N–H and O–H groups in total. The highest BCUT2D eigenvalue weighted by Crippen LogP contribution is 2.37. The molecule has 0 radical (unpaired) electrons. The number of hydrogen-bond donors (Lipinski definition) is 2. The number of fused-ring (bicyclic) bond motifs is 1. The van der Waals surface area contributed by atoms with Gasteiger partial charge >= 0.3 is 0 Å². The lowest BCUT2D eigenvalue weighted by atomic mass is 9.84. The van der Waals surface area contributed by atoms with Crippen molar-refractivity contribution in [2.45, 2.75) is 18.4 Å². The Hall–Kier alpha value is -2.15. The summed E-state index contributed by atoms with van der Waals surface area (Å²) in [5.74, 6) is -1.91. The number of amides is 2. The number of halogens is 1. The zero-order valence-corrected chi connectivity index (χ0v) is 11.3. The van der Waals surface area contributed by atoms with E-state index in [0.29, 0.717) is 16.3 Å². The van der Waals surface area contributed by atoms with Gasteiger partial charge in [0.05, 0.1) is 5.92 Å². The van der Waals surface area contributed by atoms with Crippen molar-refractivity contribution < 1.29 is 14.5 Å².